The predicted octanol–water partition coefficient (Wildman–Crippen LogP) is 3.16. The predicted molar refractivity (Wildman–Crippen MR) is 67.6 cm³/mol. The number of fused-ring (bicyclic) bond motifs is 1. The molecule has 0 aliphatic heterocycles. The first-order chi connectivity index (χ1) is 8.02. The van der Waals surface area contributed by atoms with Crippen LogP contribution in [-0.2, 0) is 11.2 Å². The molecule has 2 heterocycles. The number of carboxylic acid groups (broad SMARTS) is 1. The molecule has 90 valence electrons. The number of rotatable bonds is 3. The first-order valence-electron chi connectivity index (χ1n) is 5.49. The maximum atomic E-state index is 10.9. The molecule has 1 unspecified atom stereocenters. The maximum absolute atomic E-state index is 10.9. The van der Waals surface area contributed by atoms with Crippen molar-refractivity contribution in [1.82, 2.24) is 4.40 Å². The molecule has 4 heteroatoms. The molecule has 0 spiro atoms. The minimum atomic E-state index is -0.786. The topological polar surface area (TPSA) is 41.7 Å². The average molecular weight is 252 g/mol. The van der Waals surface area contributed by atoms with Crippen LogP contribution in [0.5, 0.6) is 0 Å². The first-order valence-corrected chi connectivity index (χ1v) is 5.87. The highest BCUT2D eigenvalue weighted by Crippen LogP contribution is 2.29. The molecule has 2 aromatic rings. The van der Waals surface area contributed by atoms with Gasteiger partial charge in [-0.2, -0.15) is 0 Å². The van der Waals surface area contributed by atoms with Gasteiger partial charge >= 0.3 is 5.97 Å². The number of carboxylic acids is 1. The fourth-order valence-electron chi connectivity index (χ4n) is 1.99. The van der Waals surface area contributed by atoms with Crippen molar-refractivity contribution in [3.63, 3.8) is 0 Å². The lowest BCUT2D eigenvalue weighted by molar-refractivity contribution is -0.141. The monoisotopic (exact) mass is 251 g/mol. The van der Waals surface area contributed by atoms with Gasteiger partial charge in [-0.05, 0) is 24.6 Å². The van der Waals surface area contributed by atoms with Crippen molar-refractivity contribution in [2.45, 2.75) is 20.3 Å². The number of aromatic nitrogens is 1. The molecule has 1 N–H and O–H groups in total. The summed E-state index contributed by atoms with van der Waals surface area (Å²) in [5, 5.41) is 9.68. The molecule has 0 aliphatic rings. The van der Waals surface area contributed by atoms with E-state index in [0.717, 1.165) is 16.8 Å². The first kappa shape index (κ1) is 12.0. The fraction of sp³-hybridized carbons (Fsp3) is 0.308. The highest BCUT2D eigenvalue weighted by Gasteiger charge is 2.18. The van der Waals surface area contributed by atoms with Gasteiger partial charge in [0, 0.05) is 18.3 Å². The van der Waals surface area contributed by atoms with Gasteiger partial charge in [0.2, 0.25) is 0 Å². The summed E-state index contributed by atoms with van der Waals surface area (Å²) in [6.45, 7) is 3.64. The van der Waals surface area contributed by atoms with Gasteiger partial charge in [-0.25, -0.2) is 0 Å². The van der Waals surface area contributed by atoms with E-state index in [2.05, 4.69) is 0 Å². The number of hydrogen-bond donors (Lipinski definition) is 1. The van der Waals surface area contributed by atoms with E-state index in [1.165, 1.54) is 0 Å². The molecule has 2 aromatic heterocycles. The summed E-state index contributed by atoms with van der Waals surface area (Å²) in [6, 6.07) is 5.77. The van der Waals surface area contributed by atoms with Crippen molar-refractivity contribution in [1.29, 1.82) is 0 Å². The Morgan fingerprint density at radius 2 is 2.24 bits per heavy atom. The van der Waals surface area contributed by atoms with E-state index in [-0.39, 0.29) is 0 Å². The lowest BCUT2D eigenvalue weighted by atomic mass is 10.0. The quantitative estimate of drug-likeness (QED) is 0.910. The second-order valence-electron chi connectivity index (χ2n) is 4.28. The standard InChI is InChI=1S/C13H14ClNO2/c1-8(13(16)17)7-11-9(2)12(14)10-5-3-4-6-15(10)11/h3-6,8H,7H2,1-2H3,(H,16,17). The highest BCUT2D eigenvalue weighted by molar-refractivity contribution is 6.34. The van der Waals surface area contributed by atoms with Crippen LogP contribution in [0.3, 0.4) is 0 Å². The van der Waals surface area contributed by atoms with Gasteiger partial charge in [0.15, 0.2) is 0 Å². The fourth-order valence-corrected chi connectivity index (χ4v) is 2.25. The lowest BCUT2D eigenvalue weighted by Crippen LogP contribution is -2.14. The van der Waals surface area contributed by atoms with Gasteiger partial charge in [0.25, 0.3) is 0 Å². The highest BCUT2D eigenvalue weighted by atomic mass is 35.5. The van der Waals surface area contributed by atoms with Crippen molar-refractivity contribution < 1.29 is 9.90 Å². The molecule has 17 heavy (non-hydrogen) atoms. The third-order valence-corrected chi connectivity index (χ3v) is 3.54. The SMILES string of the molecule is Cc1c(Cl)c2ccccn2c1CC(C)C(=O)O. The van der Waals surface area contributed by atoms with Gasteiger partial charge in [-0.15, -0.1) is 0 Å². The summed E-state index contributed by atoms with van der Waals surface area (Å²) in [7, 11) is 0. The molecule has 0 radical (unpaired) electrons. The average Bonchev–Trinajstić information content (AvgIpc) is 2.55. The van der Waals surface area contributed by atoms with Crippen LogP contribution in [0, 0.1) is 12.8 Å². The Balaban J connectivity index is 2.53. The number of halogens is 1. The Kier molecular flexibility index (Phi) is 3.11. The van der Waals surface area contributed by atoms with Crippen LogP contribution in [0.2, 0.25) is 5.02 Å². The molecule has 0 aliphatic carbocycles. The molecular weight excluding hydrogens is 238 g/mol. The molecule has 0 fully saturated rings. The molecule has 0 amide bonds. The summed E-state index contributed by atoms with van der Waals surface area (Å²) in [5.74, 6) is -1.20. The molecule has 0 saturated carbocycles. The number of nitrogens with zero attached hydrogens (tertiary/aromatic N) is 1. The van der Waals surface area contributed by atoms with E-state index in [1.54, 1.807) is 6.92 Å². The zero-order valence-electron chi connectivity index (χ0n) is 9.77. The van der Waals surface area contributed by atoms with Crippen LogP contribution in [0.4, 0.5) is 0 Å². The second-order valence-corrected chi connectivity index (χ2v) is 4.66. The van der Waals surface area contributed by atoms with Crippen LogP contribution in [0.15, 0.2) is 24.4 Å². The number of aliphatic carboxylic acids is 1. The Labute approximate surface area is 105 Å². The van der Waals surface area contributed by atoms with Gasteiger partial charge in [-0.3, -0.25) is 4.79 Å². The molecule has 0 saturated heterocycles. The normalized spacial score (nSPS) is 12.9. The summed E-state index contributed by atoms with van der Waals surface area (Å²) in [4.78, 5) is 10.9. The molecule has 0 aromatic carbocycles. The molecule has 2 rings (SSSR count). The van der Waals surface area contributed by atoms with Gasteiger partial charge < -0.3 is 9.51 Å². The van der Waals surface area contributed by atoms with Gasteiger partial charge in [0.1, 0.15) is 0 Å². The number of hydrogen-bond acceptors (Lipinski definition) is 1. The zero-order chi connectivity index (χ0) is 12.6. The summed E-state index contributed by atoms with van der Waals surface area (Å²) < 4.78 is 1.97. The summed E-state index contributed by atoms with van der Waals surface area (Å²) in [5.41, 5.74) is 2.87. The van der Waals surface area contributed by atoms with Crippen molar-refractivity contribution in [3.05, 3.63) is 40.7 Å². The van der Waals surface area contributed by atoms with Crippen LogP contribution in [0.25, 0.3) is 5.52 Å². The van der Waals surface area contributed by atoms with Crippen LogP contribution >= 0.6 is 11.6 Å². The Bertz CT molecular complexity index is 574. The van der Waals surface area contributed by atoms with Crippen molar-refractivity contribution in [2.24, 2.45) is 5.92 Å². The molecule has 3 nitrogen and oxygen atoms in total. The van der Waals surface area contributed by atoms with E-state index < -0.39 is 11.9 Å². The number of carbonyl (C=O) groups is 1. The molecular formula is C13H14ClNO2. The molecule has 1 atom stereocenters. The Morgan fingerprint density at radius 1 is 1.53 bits per heavy atom. The minimum absolute atomic E-state index is 0.414. The van der Waals surface area contributed by atoms with Crippen LogP contribution in [-0.4, -0.2) is 15.5 Å². The second kappa shape index (κ2) is 4.41. The van der Waals surface area contributed by atoms with E-state index in [4.69, 9.17) is 16.7 Å². The maximum Gasteiger partial charge on any atom is 0.306 e. The Morgan fingerprint density at radius 3 is 2.88 bits per heavy atom. The summed E-state index contributed by atoms with van der Waals surface area (Å²) >= 11 is 6.24. The smallest absolute Gasteiger partial charge is 0.306 e. The molecule has 0 bridgehead atoms. The van der Waals surface area contributed by atoms with Crippen LogP contribution in [0.1, 0.15) is 18.2 Å². The van der Waals surface area contributed by atoms with Gasteiger partial charge in [0.05, 0.1) is 16.5 Å². The lowest BCUT2D eigenvalue weighted by Gasteiger charge is -2.07. The third kappa shape index (κ3) is 2.03. The van der Waals surface area contributed by atoms with Crippen molar-refractivity contribution in [3.8, 4) is 0 Å². The van der Waals surface area contributed by atoms with Crippen molar-refractivity contribution in [2.75, 3.05) is 0 Å². The zero-order valence-corrected chi connectivity index (χ0v) is 10.5. The minimum Gasteiger partial charge on any atom is -0.481 e. The van der Waals surface area contributed by atoms with Gasteiger partial charge in [-0.1, -0.05) is 24.6 Å². The summed E-state index contributed by atoms with van der Waals surface area (Å²) in [6.07, 6.45) is 2.40. The van der Waals surface area contributed by atoms with E-state index >= 15 is 0 Å². The van der Waals surface area contributed by atoms with E-state index in [9.17, 15) is 4.79 Å². The third-order valence-electron chi connectivity index (χ3n) is 3.06. The van der Waals surface area contributed by atoms with Crippen molar-refractivity contribution >= 4 is 23.1 Å². The number of pyridine rings is 1. The van der Waals surface area contributed by atoms with E-state index in [0.29, 0.717) is 11.4 Å². The van der Waals surface area contributed by atoms with E-state index in [1.807, 2.05) is 35.7 Å². The van der Waals surface area contributed by atoms with Crippen LogP contribution < -0.4 is 0 Å². The Hall–Kier alpha value is -1.48. The largest absolute Gasteiger partial charge is 0.481 e.